The molecule has 1 nitrogen and oxygen atoms in total. The van der Waals surface area contributed by atoms with E-state index in [0.717, 1.165) is 11.5 Å². The monoisotopic (exact) mass is 205 g/mol. The second-order valence-corrected chi connectivity index (χ2v) is 3.86. The summed E-state index contributed by atoms with van der Waals surface area (Å²) in [6, 6.07) is 4.00. The topological polar surface area (TPSA) is 4.93 Å². The summed E-state index contributed by atoms with van der Waals surface area (Å²) >= 11 is 5.76. The van der Waals surface area contributed by atoms with Gasteiger partial charge in [-0.25, -0.2) is 0 Å². The molecular formula is C12H12ClN. The molecule has 2 aliphatic rings. The van der Waals surface area contributed by atoms with E-state index in [1.807, 2.05) is 42.2 Å². The fourth-order valence-corrected chi connectivity index (χ4v) is 1.75. The van der Waals surface area contributed by atoms with Crippen molar-refractivity contribution < 1.29 is 0 Å². The number of halogens is 1. The van der Waals surface area contributed by atoms with Gasteiger partial charge in [0.1, 0.15) is 0 Å². The van der Waals surface area contributed by atoms with E-state index in [2.05, 4.69) is 12.2 Å². The van der Waals surface area contributed by atoms with Crippen LogP contribution in [0.4, 0.5) is 0 Å². The van der Waals surface area contributed by atoms with Gasteiger partial charge in [-0.3, -0.25) is 0 Å². The fraction of sp³-hybridized carbons (Fsp3) is 0.167. The summed E-state index contributed by atoms with van der Waals surface area (Å²) in [7, 11) is 2.00. The van der Waals surface area contributed by atoms with E-state index >= 15 is 0 Å². The van der Waals surface area contributed by atoms with Gasteiger partial charge in [-0.15, -0.1) is 0 Å². The van der Waals surface area contributed by atoms with E-state index < -0.39 is 0 Å². The Morgan fingerprint density at radius 3 is 2.14 bits per heavy atom. The number of hydrogen-bond acceptors (Lipinski definition) is 0. The molecule has 1 aromatic rings. The maximum atomic E-state index is 5.76. The third-order valence-electron chi connectivity index (χ3n) is 2.27. The molecule has 2 bridgehead atoms. The Kier molecular flexibility index (Phi) is 2.60. The van der Waals surface area contributed by atoms with Crippen molar-refractivity contribution >= 4 is 11.6 Å². The van der Waals surface area contributed by atoms with Gasteiger partial charge in [-0.2, -0.15) is 0 Å². The fourth-order valence-electron chi connectivity index (χ4n) is 1.48. The Hall–Kier alpha value is -1.21. The molecule has 0 amide bonds. The van der Waals surface area contributed by atoms with Crippen LogP contribution in [0.1, 0.15) is 6.42 Å². The predicted octanol–water partition coefficient (Wildman–Crippen LogP) is 3.40. The molecule has 3 rings (SSSR count). The first-order valence-electron chi connectivity index (χ1n) is 4.60. The van der Waals surface area contributed by atoms with Crippen molar-refractivity contribution in [3.8, 4) is 0 Å². The van der Waals surface area contributed by atoms with Crippen molar-refractivity contribution in [3.05, 3.63) is 58.9 Å². The third kappa shape index (κ3) is 1.99. The van der Waals surface area contributed by atoms with E-state index in [9.17, 15) is 0 Å². The smallest absolute Gasteiger partial charge is 0.0444 e. The minimum absolute atomic E-state index is 0.933. The van der Waals surface area contributed by atoms with Crippen molar-refractivity contribution in [2.45, 2.75) is 6.42 Å². The molecule has 0 saturated carbocycles. The zero-order valence-electron chi connectivity index (χ0n) is 8.07. The number of aromatic nitrogens is 1. The Morgan fingerprint density at radius 1 is 1.21 bits per heavy atom. The van der Waals surface area contributed by atoms with Gasteiger partial charge in [0.15, 0.2) is 0 Å². The second kappa shape index (κ2) is 3.89. The van der Waals surface area contributed by atoms with Gasteiger partial charge in [0.05, 0.1) is 0 Å². The highest BCUT2D eigenvalue weighted by atomic mass is 35.5. The number of nitrogens with zero attached hydrogens (tertiary/aromatic N) is 1. The molecule has 0 radical (unpaired) electrons. The predicted molar refractivity (Wildman–Crippen MR) is 60.1 cm³/mol. The molecule has 2 aliphatic carbocycles. The van der Waals surface area contributed by atoms with Crippen LogP contribution in [0.5, 0.6) is 0 Å². The van der Waals surface area contributed by atoms with Crippen molar-refractivity contribution in [1.82, 2.24) is 4.57 Å². The maximum Gasteiger partial charge on any atom is 0.0444 e. The standard InChI is InChI=1S/C7H5Cl.C5H7N/c8-7-4-5-1-2-6(7)3-5;1-6-4-2-3-5-6/h1-2,4H,3H2;2-5H,1H3. The Bertz CT molecular complexity index is 408. The van der Waals surface area contributed by atoms with Gasteiger partial charge in [0.2, 0.25) is 0 Å². The first kappa shape index (κ1) is 9.35. The van der Waals surface area contributed by atoms with Crippen LogP contribution >= 0.6 is 11.6 Å². The van der Waals surface area contributed by atoms with Crippen molar-refractivity contribution in [2.24, 2.45) is 7.05 Å². The van der Waals surface area contributed by atoms with E-state index in [-0.39, 0.29) is 0 Å². The van der Waals surface area contributed by atoms with Crippen LogP contribution in [0.15, 0.2) is 58.9 Å². The van der Waals surface area contributed by atoms with E-state index in [1.165, 1.54) is 11.1 Å². The van der Waals surface area contributed by atoms with Gasteiger partial charge in [-0.1, -0.05) is 23.8 Å². The van der Waals surface area contributed by atoms with Crippen LogP contribution in [0.25, 0.3) is 0 Å². The lowest BCUT2D eigenvalue weighted by Crippen LogP contribution is -1.75. The van der Waals surface area contributed by atoms with Gasteiger partial charge in [0, 0.05) is 24.5 Å². The van der Waals surface area contributed by atoms with Crippen molar-refractivity contribution in [2.75, 3.05) is 0 Å². The first-order chi connectivity index (χ1) is 6.75. The van der Waals surface area contributed by atoms with Gasteiger partial charge in [0.25, 0.3) is 0 Å². The van der Waals surface area contributed by atoms with Crippen molar-refractivity contribution in [3.63, 3.8) is 0 Å². The third-order valence-corrected chi connectivity index (χ3v) is 2.62. The van der Waals surface area contributed by atoms with E-state index in [0.29, 0.717) is 0 Å². The van der Waals surface area contributed by atoms with Gasteiger partial charge in [-0.05, 0) is 35.8 Å². The highest BCUT2D eigenvalue weighted by Gasteiger charge is 2.14. The lowest BCUT2D eigenvalue weighted by atomic mass is 10.3. The molecule has 0 fully saturated rings. The first-order valence-corrected chi connectivity index (χ1v) is 4.98. The lowest BCUT2D eigenvalue weighted by molar-refractivity contribution is 0.928. The lowest BCUT2D eigenvalue weighted by Gasteiger charge is -1.86. The number of rotatable bonds is 0. The molecule has 0 saturated heterocycles. The zero-order chi connectivity index (χ0) is 9.97. The highest BCUT2D eigenvalue weighted by molar-refractivity contribution is 6.32. The summed E-state index contributed by atoms with van der Waals surface area (Å²) in [6.07, 6.45) is 11.3. The minimum Gasteiger partial charge on any atom is -0.357 e. The average Bonchev–Trinajstić information content (AvgIpc) is 2.81. The molecule has 1 heterocycles. The summed E-state index contributed by atoms with van der Waals surface area (Å²) in [6.45, 7) is 0. The summed E-state index contributed by atoms with van der Waals surface area (Å²) in [5.74, 6) is 0. The molecule has 14 heavy (non-hydrogen) atoms. The molecule has 0 atom stereocenters. The SMILES string of the molecule is ClC1=C2C=CC(=C1)C2.Cn1cccc1. The molecule has 0 unspecified atom stereocenters. The number of hydrogen-bond donors (Lipinski definition) is 0. The molecule has 0 aromatic carbocycles. The Labute approximate surface area is 89.0 Å². The molecule has 0 spiro atoms. The van der Waals surface area contributed by atoms with Crippen LogP contribution in [0, 0.1) is 0 Å². The maximum absolute atomic E-state index is 5.76. The van der Waals surface area contributed by atoms with Gasteiger partial charge < -0.3 is 4.57 Å². The van der Waals surface area contributed by atoms with Crippen LogP contribution in [-0.4, -0.2) is 4.57 Å². The average molecular weight is 206 g/mol. The normalized spacial score (nSPS) is 16.9. The minimum atomic E-state index is 0.933. The van der Waals surface area contributed by atoms with Crippen LogP contribution < -0.4 is 0 Å². The number of fused-ring (bicyclic) bond motifs is 2. The molecular weight excluding hydrogens is 194 g/mol. The largest absolute Gasteiger partial charge is 0.357 e. The Morgan fingerprint density at radius 2 is 1.93 bits per heavy atom. The summed E-state index contributed by atoms with van der Waals surface area (Å²) < 4.78 is 2.00. The van der Waals surface area contributed by atoms with E-state index in [4.69, 9.17) is 11.6 Å². The number of aryl methyl sites for hydroxylation is 1. The molecule has 0 N–H and O–H groups in total. The van der Waals surface area contributed by atoms with Crippen molar-refractivity contribution in [1.29, 1.82) is 0 Å². The molecule has 2 heteroatoms. The molecule has 1 aromatic heterocycles. The zero-order valence-corrected chi connectivity index (χ0v) is 8.83. The van der Waals surface area contributed by atoms with Crippen LogP contribution in [-0.2, 0) is 7.05 Å². The summed E-state index contributed by atoms with van der Waals surface area (Å²) in [4.78, 5) is 0. The quantitative estimate of drug-likeness (QED) is 0.612. The molecule has 0 aliphatic heterocycles. The summed E-state index contributed by atoms with van der Waals surface area (Å²) in [5, 5.41) is 0.933. The molecule has 72 valence electrons. The summed E-state index contributed by atoms with van der Waals surface area (Å²) in [5.41, 5.74) is 2.63. The van der Waals surface area contributed by atoms with Gasteiger partial charge >= 0.3 is 0 Å². The number of allylic oxidation sites excluding steroid dienone is 6. The van der Waals surface area contributed by atoms with Crippen LogP contribution in [0.2, 0.25) is 0 Å². The van der Waals surface area contributed by atoms with Crippen LogP contribution in [0.3, 0.4) is 0 Å². The Balaban J connectivity index is 0.000000112. The van der Waals surface area contributed by atoms with E-state index in [1.54, 1.807) is 0 Å². The highest BCUT2D eigenvalue weighted by Crippen LogP contribution is 2.34. The second-order valence-electron chi connectivity index (χ2n) is 3.45.